The molecule has 1 unspecified atom stereocenters. The van der Waals surface area contributed by atoms with Gasteiger partial charge in [0.05, 0.1) is 6.04 Å². The summed E-state index contributed by atoms with van der Waals surface area (Å²) < 4.78 is 2.17. The first-order valence-corrected chi connectivity index (χ1v) is 8.15. The summed E-state index contributed by atoms with van der Waals surface area (Å²) in [6.45, 7) is 0. The Morgan fingerprint density at radius 1 is 1.14 bits per heavy atom. The summed E-state index contributed by atoms with van der Waals surface area (Å²) in [5.41, 5.74) is 6.60. The molecule has 4 heteroatoms. The van der Waals surface area contributed by atoms with Gasteiger partial charge in [-0.3, -0.25) is 0 Å². The Bertz CT molecular complexity index is 772. The fraction of sp³-hybridized carbons (Fsp3) is 0.278. The van der Waals surface area contributed by atoms with E-state index in [0.29, 0.717) is 5.11 Å². The minimum absolute atomic E-state index is 0.162. The monoisotopic (exact) mass is 309 g/mol. The third-order valence-corrected chi connectivity index (χ3v) is 4.86. The first-order chi connectivity index (χ1) is 10.7. The predicted octanol–water partition coefficient (Wildman–Crippen LogP) is 3.29. The first kappa shape index (κ1) is 13.6. The SMILES string of the molecule is Cn1cccc1C1NC(=S)NC2=C1CCCc1ccccc12. The molecule has 0 saturated heterocycles. The highest BCUT2D eigenvalue weighted by molar-refractivity contribution is 7.80. The molecule has 0 radical (unpaired) electrons. The summed E-state index contributed by atoms with van der Waals surface area (Å²) >= 11 is 5.48. The smallest absolute Gasteiger partial charge is 0.171 e. The number of thiocarbonyl (C=S) groups is 1. The molecule has 1 atom stereocenters. The van der Waals surface area contributed by atoms with Crippen LogP contribution in [0.5, 0.6) is 0 Å². The van der Waals surface area contributed by atoms with Crippen LogP contribution in [0.25, 0.3) is 5.70 Å². The van der Waals surface area contributed by atoms with Gasteiger partial charge < -0.3 is 15.2 Å². The van der Waals surface area contributed by atoms with E-state index < -0.39 is 0 Å². The Balaban J connectivity index is 1.90. The van der Waals surface area contributed by atoms with Crippen LogP contribution in [0.15, 0.2) is 48.2 Å². The van der Waals surface area contributed by atoms with Crippen molar-refractivity contribution in [2.45, 2.75) is 25.3 Å². The maximum absolute atomic E-state index is 5.48. The number of nitrogens with zero attached hydrogens (tertiary/aromatic N) is 1. The highest BCUT2D eigenvalue weighted by atomic mass is 32.1. The van der Waals surface area contributed by atoms with Crippen molar-refractivity contribution >= 4 is 23.0 Å². The van der Waals surface area contributed by atoms with Gasteiger partial charge in [0, 0.05) is 30.2 Å². The number of aromatic nitrogens is 1. The van der Waals surface area contributed by atoms with Crippen molar-refractivity contribution in [3.8, 4) is 0 Å². The lowest BCUT2D eigenvalue weighted by Gasteiger charge is -2.32. The molecule has 1 aliphatic carbocycles. The lowest BCUT2D eigenvalue weighted by molar-refractivity contribution is 0.624. The van der Waals surface area contributed by atoms with Crippen LogP contribution in [0.4, 0.5) is 0 Å². The van der Waals surface area contributed by atoms with E-state index in [0.717, 1.165) is 12.8 Å². The van der Waals surface area contributed by atoms with E-state index in [9.17, 15) is 0 Å². The Labute approximate surface area is 136 Å². The predicted molar refractivity (Wildman–Crippen MR) is 93.3 cm³/mol. The number of nitrogens with one attached hydrogen (secondary N) is 2. The Morgan fingerprint density at radius 2 is 2.00 bits per heavy atom. The lowest BCUT2D eigenvalue weighted by atomic mass is 9.94. The van der Waals surface area contributed by atoms with Crippen LogP contribution in [0.2, 0.25) is 0 Å². The molecule has 0 amide bonds. The number of fused-ring (bicyclic) bond motifs is 2. The minimum Gasteiger partial charge on any atom is -0.352 e. The van der Waals surface area contributed by atoms with Crippen LogP contribution in [0.3, 0.4) is 0 Å². The van der Waals surface area contributed by atoms with E-state index in [1.807, 2.05) is 0 Å². The number of benzene rings is 1. The van der Waals surface area contributed by atoms with E-state index in [4.69, 9.17) is 12.2 Å². The van der Waals surface area contributed by atoms with Gasteiger partial charge in [0.15, 0.2) is 5.11 Å². The van der Waals surface area contributed by atoms with E-state index in [1.165, 1.54) is 34.5 Å². The maximum Gasteiger partial charge on any atom is 0.171 e. The summed E-state index contributed by atoms with van der Waals surface area (Å²) in [7, 11) is 2.09. The molecule has 0 bridgehead atoms. The molecule has 2 N–H and O–H groups in total. The number of hydrogen-bond acceptors (Lipinski definition) is 1. The summed E-state index contributed by atoms with van der Waals surface area (Å²) in [5, 5.41) is 7.59. The third kappa shape index (κ3) is 2.15. The molecule has 1 aromatic carbocycles. The quantitative estimate of drug-likeness (QED) is 0.792. The van der Waals surface area contributed by atoms with Gasteiger partial charge in [0.25, 0.3) is 0 Å². The Hall–Kier alpha value is -2.07. The molecule has 0 fully saturated rings. The molecule has 4 rings (SSSR count). The van der Waals surface area contributed by atoms with Crippen LogP contribution >= 0.6 is 12.2 Å². The summed E-state index contributed by atoms with van der Waals surface area (Å²) in [6.07, 6.45) is 5.47. The zero-order valence-electron chi connectivity index (χ0n) is 12.6. The molecular weight excluding hydrogens is 290 g/mol. The average molecular weight is 309 g/mol. The van der Waals surface area contributed by atoms with Crippen molar-refractivity contribution < 1.29 is 0 Å². The molecule has 2 heterocycles. The average Bonchev–Trinajstić information content (AvgIpc) is 2.85. The molecule has 2 aromatic rings. The van der Waals surface area contributed by atoms with Crippen LogP contribution in [0, 0.1) is 0 Å². The van der Waals surface area contributed by atoms with Crippen LogP contribution in [-0.4, -0.2) is 9.68 Å². The fourth-order valence-corrected chi connectivity index (χ4v) is 3.80. The van der Waals surface area contributed by atoms with Gasteiger partial charge in [-0.05, 0) is 54.7 Å². The molecule has 112 valence electrons. The Kier molecular flexibility index (Phi) is 3.26. The molecule has 0 spiro atoms. The highest BCUT2D eigenvalue weighted by Gasteiger charge is 2.30. The van der Waals surface area contributed by atoms with Crippen molar-refractivity contribution in [2.24, 2.45) is 7.05 Å². The minimum atomic E-state index is 0.162. The number of aryl methyl sites for hydroxylation is 2. The van der Waals surface area contributed by atoms with Crippen molar-refractivity contribution in [3.05, 3.63) is 65.0 Å². The van der Waals surface area contributed by atoms with Crippen LogP contribution < -0.4 is 10.6 Å². The molecule has 3 nitrogen and oxygen atoms in total. The number of rotatable bonds is 1. The van der Waals surface area contributed by atoms with Gasteiger partial charge in [0.1, 0.15) is 0 Å². The largest absolute Gasteiger partial charge is 0.352 e. The van der Waals surface area contributed by atoms with E-state index in [-0.39, 0.29) is 6.04 Å². The standard InChI is InChI=1S/C18H19N3S/c1-21-11-5-10-15(21)17-14-9-4-7-12-6-2-3-8-13(12)16(14)19-18(22)20-17/h2-3,5-6,8,10-11,17H,4,7,9H2,1H3,(H2,19,20,22). The van der Waals surface area contributed by atoms with Gasteiger partial charge in [-0.25, -0.2) is 0 Å². The molecule has 2 aliphatic rings. The molecular formula is C18H19N3S. The summed E-state index contributed by atoms with van der Waals surface area (Å²) in [5.74, 6) is 0. The van der Waals surface area contributed by atoms with Crippen LogP contribution in [-0.2, 0) is 13.5 Å². The van der Waals surface area contributed by atoms with E-state index in [1.54, 1.807) is 0 Å². The van der Waals surface area contributed by atoms with Gasteiger partial charge in [-0.1, -0.05) is 24.3 Å². The normalized spacial score (nSPS) is 20.6. The maximum atomic E-state index is 5.48. The third-order valence-electron chi connectivity index (χ3n) is 4.64. The topological polar surface area (TPSA) is 29.0 Å². The highest BCUT2D eigenvalue weighted by Crippen LogP contribution is 2.37. The van der Waals surface area contributed by atoms with E-state index >= 15 is 0 Å². The van der Waals surface area contributed by atoms with Crippen molar-refractivity contribution in [1.29, 1.82) is 0 Å². The van der Waals surface area contributed by atoms with Gasteiger partial charge >= 0.3 is 0 Å². The summed E-state index contributed by atoms with van der Waals surface area (Å²) in [6, 6.07) is 13.1. The zero-order valence-corrected chi connectivity index (χ0v) is 13.4. The lowest BCUT2D eigenvalue weighted by Crippen LogP contribution is -2.43. The van der Waals surface area contributed by atoms with Gasteiger partial charge in [0.2, 0.25) is 0 Å². The Morgan fingerprint density at radius 3 is 2.82 bits per heavy atom. The van der Waals surface area contributed by atoms with Gasteiger partial charge in [-0.2, -0.15) is 0 Å². The number of hydrogen-bond donors (Lipinski definition) is 2. The second-order valence-corrected chi connectivity index (χ2v) is 6.39. The zero-order chi connectivity index (χ0) is 15.1. The molecule has 1 aliphatic heterocycles. The second kappa shape index (κ2) is 5.29. The van der Waals surface area contributed by atoms with Crippen molar-refractivity contribution in [1.82, 2.24) is 15.2 Å². The summed E-state index contributed by atoms with van der Waals surface area (Å²) in [4.78, 5) is 0. The first-order valence-electron chi connectivity index (χ1n) is 7.74. The van der Waals surface area contributed by atoms with E-state index in [2.05, 4.69) is 64.8 Å². The molecule has 1 aromatic heterocycles. The van der Waals surface area contributed by atoms with Crippen molar-refractivity contribution in [2.75, 3.05) is 0 Å². The molecule has 22 heavy (non-hydrogen) atoms. The fourth-order valence-electron chi connectivity index (χ4n) is 3.58. The van der Waals surface area contributed by atoms with Crippen LogP contribution in [0.1, 0.15) is 35.7 Å². The van der Waals surface area contributed by atoms with Gasteiger partial charge in [-0.15, -0.1) is 0 Å². The van der Waals surface area contributed by atoms with Crippen molar-refractivity contribution in [3.63, 3.8) is 0 Å². The second-order valence-electron chi connectivity index (χ2n) is 5.99. The molecule has 0 saturated carbocycles.